The maximum atomic E-state index is 13.1. The van der Waals surface area contributed by atoms with Crippen LogP contribution < -0.4 is 10.2 Å². The summed E-state index contributed by atoms with van der Waals surface area (Å²) < 4.78 is 39.3. The van der Waals surface area contributed by atoms with Gasteiger partial charge in [0.05, 0.1) is 17.4 Å². The van der Waals surface area contributed by atoms with Crippen LogP contribution in [0.3, 0.4) is 0 Å². The normalized spacial score (nSPS) is 15.1. The number of rotatable bonds is 3. The van der Waals surface area contributed by atoms with Gasteiger partial charge in [0.25, 0.3) is 0 Å². The highest BCUT2D eigenvalue weighted by molar-refractivity contribution is 5.73. The first kappa shape index (κ1) is 17.9. The van der Waals surface area contributed by atoms with Gasteiger partial charge in [0, 0.05) is 33.1 Å². The SMILES string of the molecule is CC(=O)N1CCN(c2cnnc(Nc3ccccc3C(F)(F)F)n2)CC1. The molecule has 1 aromatic carbocycles. The zero-order chi connectivity index (χ0) is 18.7. The first-order valence-electron chi connectivity index (χ1n) is 7.98. The van der Waals surface area contributed by atoms with E-state index in [2.05, 4.69) is 20.5 Å². The lowest BCUT2D eigenvalue weighted by Gasteiger charge is -2.34. The number of carbonyl (C=O) groups excluding carboxylic acids is 1. The van der Waals surface area contributed by atoms with Crippen molar-refractivity contribution >= 4 is 23.4 Å². The smallest absolute Gasteiger partial charge is 0.352 e. The van der Waals surface area contributed by atoms with Crippen LogP contribution in [-0.4, -0.2) is 52.2 Å². The Kier molecular flexibility index (Phi) is 4.92. The molecule has 0 spiro atoms. The number of amides is 1. The van der Waals surface area contributed by atoms with E-state index in [9.17, 15) is 18.0 Å². The summed E-state index contributed by atoms with van der Waals surface area (Å²) >= 11 is 0. The molecule has 0 aliphatic carbocycles. The van der Waals surface area contributed by atoms with Crippen LogP contribution in [0.2, 0.25) is 0 Å². The topological polar surface area (TPSA) is 74.2 Å². The van der Waals surface area contributed by atoms with Crippen LogP contribution >= 0.6 is 0 Å². The van der Waals surface area contributed by atoms with E-state index < -0.39 is 11.7 Å². The second kappa shape index (κ2) is 7.14. The third kappa shape index (κ3) is 4.01. The number of carbonyl (C=O) groups is 1. The van der Waals surface area contributed by atoms with Crippen molar-refractivity contribution in [1.29, 1.82) is 0 Å². The summed E-state index contributed by atoms with van der Waals surface area (Å²) in [7, 11) is 0. The number of para-hydroxylation sites is 1. The Labute approximate surface area is 147 Å². The molecule has 0 saturated carbocycles. The zero-order valence-electron chi connectivity index (χ0n) is 14.0. The molecule has 1 N–H and O–H groups in total. The molecule has 10 heteroatoms. The molecule has 2 aromatic rings. The minimum absolute atomic E-state index is 0.0107. The van der Waals surface area contributed by atoms with E-state index >= 15 is 0 Å². The number of aromatic nitrogens is 3. The van der Waals surface area contributed by atoms with Gasteiger partial charge in [-0.15, -0.1) is 5.10 Å². The summed E-state index contributed by atoms with van der Waals surface area (Å²) in [6.07, 6.45) is -3.04. The van der Waals surface area contributed by atoms with Gasteiger partial charge in [-0.05, 0) is 12.1 Å². The Hall–Kier alpha value is -2.91. The number of benzene rings is 1. The molecule has 138 valence electrons. The minimum Gasteiger partial charge on any atom is -0.352 e. The fourth-order valence-electron chi connectivity index (χ4n) is 2.71. The van der Waals surface area contributed by atoms with Crippen molar-refractivity contribution in [3.05, 3.63) is 36.0 Å². The van der Waals surface area contributed by atoms with Gasteiger partial charge in [-0.1, -0.05) is 12.1 Å². The van der Waals surface area contributed by atoms with E-state index in [1.165, 1.54) is 31.3 Å². The standard InChI is InChI=1S/C16H17F3N6O/c1-11(26)24-6-8-25(9-7-24)14-10-20-23-15(22-14)21-13-5-3-2-4-12(13)16(17,18)19/h2-5,10H,6-9H2,1H3,(H,21,22,23). The van der Waals surface area contributed by atoms with E-state index in [1.807, 2.05) is 4.90 Å². The van der Waals surface area contributed by atoms with Gasteiger partial charge in [-0.3, -0.25) is 4.79 Å². The van der Waals surface area contributed by atoms with E-state index in [1.54, 1.807) is 4.90 Å². The zero-order valence-corrected chi connectivity index (χ0v) is 14.0. The predicted molar refractivity (Wildman–Crippen MR) is 89.0 cm³/mol. The van der Waals surface area contributed by atoms with Crippen LogP contribution in [0.5, 0.6) is 0 Å². The molecule has 26 heavy (non-hydrogen) atoms. The second-order valence-corrected chi connectivity index (χ2v) is 5.80. The number of nitrogens with zero attached hydrogens (tertiary/aromatic N) is 5. The first-order valence-corrected chi connectivity index (χ1v) is 7.98. The molecule has 0 unspecified atom stereocenters. The lowest BCUT2D eigenvalue weighted by Crippen LogP contribution is -2.48. The van der Waals surface area contributed by atoms with E-state index in [-0.39, 0.29) is 17.5 Å². The van der Waals surface area contributed by atoms with Crippen molar-refractivity contribution in [3.63, 3.8) is 0 Å². The average molecular weight is 366 g/mol. The number of hydrogen-bond acceptors (Lipinski definition) is 6. The number of halogens is 3. The minimum atomic E-state index is -4.49. The monoisotopic (exact) mass is 366 g/mol. The van der Waals surface area contributed by atoms with Crippen LogP contribution in [0.15, 0.2) is 30.5 Å². The number of hydrogen-bond donors (Lipinski definition) is 1. The largest absolute Gasteiger partial charge is 0.418 e. The maximum absolute atomic E-state index is 13.1. The molecule has 1 fully saturated rings. The van der Waals surface area contributed by atoms with Crippen molar-refractivity contribution in [2.45, 2.75) is 13.1 Å². The van der Waals surface area contributed by atoms with Crippen LogP contribution in [0, 0.1) is 0 Å². The number of nitrogens with one attached hydrogen (secondary N) is 1. The molecule has 1 saturated heterocycles. The van der Waals surface area contributed by atoms with Gasteiger partial charge in [0.1, 0.15) is 0 Å². The molecular weight excluding hydrogens is 349 g/mol. The van der Waals surface area contributed by atoms with Crippen LogP contribution in [-0.2, 0) is 11.0 Å². The lowest BCUT2D eigenvalue weighted by molar-refractivity contribution is -0.137. The highest BCUT2D eigenvalue weighted by Crippen LogP contribution is 2.35. The molecule has 2 heterocycles. The van der Waals surface area contributed by atoms with Crippen LogP contribution in [0.1, 0.15) is 12.5 Å². The number of alkyl halides is 3. The summed E-state index contributed by atoms with van der Waals surface area (Å²) in [5.41, 5.74) is -0.940. The third-order valence-electron chi connectivity index (χ3n) is 4.07. The van der Waals surface area contributed by atoms with E-state index in [4.69, 9.17) is 0 Å². The summed E-state index contributed by atoms with van der Waals surface area (Å²) in [5.74, 6) is 0.486. The van der Waals surface area contributed by atoms with Crippen molar-refractivity contribution < 1.29 is 18.0 Å². The van der Waals surface area contributed by atoms with Gasteiger partial charge in [-0.2, -0.15) is 23.3 Å². The predicted octanol–water partition coefficient (Wildman–Crippen LogP) is 2.30. The highest BCUT2D eigenvalue weighted by Gasteiger charge is 2.33. The van der Waals surface area contributed by atoms with Gasteiger partial charge < -0.3 is 15.1 Å². The first-order chi connectivity index (χ1) is 12.3. The Morgan fingerprint density at radius 2 is 1.85 bits per heavy atom. The van der Waals surface area contributed by atoms with E-state index in [0.717, 1.165) is 6.07 Å². The van der Waals surface area contributed by atoms with E-state index in [0.29, 0.717) is 32.0 Å². The molecule has 1 aliphatic rings. The second-order valence-electron chi connectivity index (χ2n) is 5.80. The van der Waals surface area contributed by atoms with Gasteiger partial charge in [-0.25, -0.2) is 0 Å². The van der Waals surface area contributed by atoms with Crippen LogP contribution in [0.4, 0.5) is 30.6 Å². The molecular formula is C16H17F3N6O. The van der Waals surface area contributed by atoms with Gasteiger partial charge >= 0.3 is 6.18 Å². The molecule has 0 atom stereocenters. The van der Waals surface area contributed by atoms with Crippen molar-refractivity contribution in [3.8, 4) is 0 Å². The Morgan fingerprint density at radius 1 is 1.15 bits per heavy atom. The fourth-order valence-corrected chi connectivity index (χ4v) is 2.71. The molecule has 1 aromatic heterocycles. The average Bonchev–Trinajstić information content (AvgIpc) is 2.61. The summed E-state index contributed by atoms with van der Waals surface area (Å²) in [6.45, 7) is 3.76. The highest BCUT2D eigenvalue weighted by atomic mass is 19.4. The third-order valence-corrected chi connectivity index (χ3v) is 4.07. The lowest BCUT2D eigenvalue weighted by atomic mass is 10.1. The fraction of sp³-hybridized carbons (Fsp3) is 0.375. The molecule has 0 bridgehead atoms. The maximum Gasteiger partial charge on any atom is 0.418 e. The molecule has 1 aliphatic heterocycles. The van der Waals surface area contributed by atoms with Crippen LogP contribution in [0.25, 0.3) is 0 Å². The number of piperazine rings is 1. The molecule has 1 amide bonds. The molecule has 0 radical (unpaired) electrons. The van der Waals surface area contributed by atoms with Crippen molar-refractivity contribution in [1.82, 2.24) is 20.1 Å². The summed E-state index contributed by atoms with van der Waals surface area (Å²) in [5, 5.41) is 10.2. The van der Waals surface area contributed by atoms with Crippen molar-refractivity contribution in [2.24, 2.45) is 0 Å². The Morgan fingerprint density at radius 3 is 2.50 bits per heavy atom. The Balaban J connectivity index is 1.76. The molecule has 3 rings (SSSR count). The summed E-state index contributed by atoms with van der Waals surface area (Å²) in [6, 6.07) is 5.11. The molecule has 7 nitrogen and oxygen atoms in total. The van der Waals surface area contributed by atoms with Gasteiger partial charge in [0.15, 0.2) is 5.82 Å². The Bertz CT molecular complexity index is 790. The number of anilines is 3. The van der Waals surface area contributed by atoms with Gasteiger partial charge in [0.2, 0.25) is 11.9 Å². The van der Waals surface area contributed by atoms with Crippen molar-refractivity contribution in [2.75, 3.05) is 36.4 Å². The quantitative estimate of drug-likeness (QED) is 0.899. The summed E-state index contributed by atoms with van der Waals surface area (Å²) in [4.78, 5) is 19.3.